The van der Waals surface area contributed by atoms with Crippen molar-refractivity contribution in [3.05, 3.63) is 59.6 Å². The Kier molecular flexibility index (Phi) is 7.40. The first-order valence-electron chi connectivity index (χ1n) is 11.8. The number of aliphatic hydroxyl groups excluding tert-OH is 1. The summed E-state index contributed by atoms with van der Waals surface area (Å²) in [5.74, 6) is 0.309. The van der Waals surface area contributed by atoms with Gasteiger partial charge in [-0.1, -0.05) is 19.1 Å². The topological polar surface area (TPSA) is 78.8 Å². The zero-order valence-electron chi connectivity index (χ0n) is 19.8. The van der Waals surface area contributed by atoms with Crippen LogP contribution in [-0.2, 0) is 6.54 Å². The van der Waals surface area contributed by atoms with Crippen LogP contribution in [0.15, 0.2) is 42.9 Å². The molecule has 3 atom stereocenters. The third-order valence-corrected chi connectivity index (χ3v) is 6.60. The van der Waals surface area contributed by atoms with Crippen LogP contribution in [0.5, 0.6) is 5.88 Å². The van der Waals surface area contributed by atoms with Gasteiger partial charge in [0.1, 0.15) is 11.7 Å². The fourth-order valence-electron chi connectivity index (χ4n) is 4.60. The quantitative estimate of drug-likeness (QED) is 0.697. The third-order valence-electron chi connectivity index (χ3n) is 6.60. The molecule has 0 saturated heterocycles. The van der Waals surface area contributed by atoms with Crippen LogP contribution in [0.4, 0.5) is 0 Å². The molecule has 1 amide bonds. The molecule has 0 fully saturated rings. The van der Waals surface area contributed by atoms with Crippen molar-refractivity contribution in [2.75, 3.05) is 26.7 Å². The van der Waals surface area contributed by atoms with E-state index in [1.54, 1.807) is 11.1 Å². The highest BCUT2D eigenvalue weighted by Crippen LogP contribution is 2.32. The first-order valence-corrected chi connectivity index (χ1v) is 11.8. The van der Waals surface area contributed by atoms with Crippen molar-refractivity contribution in [1.29, 1.82) is 0 Å². The minimum atomic E-state index is -0.283. The summed E-state index contributed by atoms with van der Waals surface area (Å²) >= 11 is 0. The summed E-state index contributed by atoms with van der Waals surface area (Å²) in [6.07, 6.45) is 10.7. The summed E-state index contributed by atoms with van der Waals surface area (Å²) in [6, 6.07) is 5.64. The van der Waals surface area contributed by atoms with Gasteiger partial charge >= 0.3 is 0 Å². The number of rotatable bonds is 7. The van der Waals surface area contributed by atoms with Gasteiger partial charge in [-0.2, -0.15) is 0 Å². The predicted octanol–water partition coefficient (Wildman–Crippen LogP) is 3.40. The number of likely N-dealkylation sites (N-methyl/N-ethyl adjacent to an activating group) is 1. The molecule has 176 valence electrons. The van der Waals surface area contributed by atoms with Crippen LogP contribution in [0, 0.1) is 5.92 Å². The maximum Gasteiger partial charge on any atom is 0.259 e. The highest BCUT2D eigenvalue weighted by atomic mass is 16.5. The van der Waals surface area contributed by atoms with Crippen LogP contribution >= 0.6 is 0 Å². The van der Waals surface area contributed by atoms with Crippen molar-refractivity contribution < 1.29 is 14.6 Å². The zero-order valence-corrected chi connectivity index (χ0v) is 19.8. The molecule has 2 aliphatic rings. The molecule has 1 N–H and O–H groups in total. The second kappa shape index (κ2) is 10.4. The highest BCUT2D eigenvalue weighted by Gasteiger charge is 2.34. The first-order chi connectivity index (χ1) is 16.0. The summed E-state index contributed by atoms with van der Waals surface area (Å²) < 4.78 is 6.41. The van der Waals surface area contributed by atoms with Gasteiger partial charge in [-0.05, 0) is 62.1 Å². The Morgan fingerprint density at radius 3 is 2.91 bits per heavy atom. The van der Waals surface area contributed by atoms with Gasteiger partial charge in [0, 0.05) is 44.1 Å². The number of allylic oxidation sites excluding steroid dienone is 2. The Morgan fingerprint density at radius 2 is 2.21 bits per heavy atom. The van der Waals surface area contributed by atoms with Crippen molar-refractivity contribution in [3.63, 3.8) is 0 Å². The zero-order chi connectivity index (χ0) is 23.4. The van der Waals surface area contributed by atoms with E-state index < -0.39 is 0 Å². The molecule has 1 aliphatic carbocycles. The van der Waals surface area contributed by atoms with Crippen LogP contribution in [-0.4, -0.2) is 69.7 Å². The summed E-state index contributed by atoms with van der Waals surface area (Å²) in [4.78, 5) is 26.3. The highest BCUT2D eigenvalue weighted by molar-refractivity contribution is 5.97. The molecule has 0 radical (unpaired) electrons. The van der Waals surface area contributed by atoms with Crippen molar-refractivity contribution >= 4 is 11.5 Å². The standard InChI is InChI=1S/C26H34N4O3/c1-18-14-30(19(2)17-31)26(32)23-11-22(21-8-4-5-9-21)13-28-25(23)33-24(18)16-29(3)15-20-7-6-10-27-12-20/h6-8,10-13,18-19,24,31H,4-5,9,14-17H2,1-3H3/t18-,19-,24-/m1/s1. The monoisotopic (exact) mass is 450 g/mol. The average molecular weight is 451 g/mol. The normalized spacial score (nSPS) is 21.8. The number of pyridine rings is 2. The van der Waals surface area contributed by atoms with Gasteiger partial charge in [0.25, 0.3) is 5.91 Å². The van der Waals surface area contributed by atoms with E-state index in [1.165, 1.54) is 5.57 Å². The average Bonchev–Trinajstić information content (AvgIpc) is 3.36. The molecule has 3 heterocycles. The molecule has 7 nitrogen and oxygen atoms in total. The molecular formula is C26H34N4O3. The number of carbonyl (C=O) groups is 1. The van der Waals surface area contributed by atoms with Gasteiger partial charge in [0.2, 0.25) is 5.88 Å². The molecule has 0 unspecified atom stereocenters. The lowest BCUT2D eigenvalue weighted by atomic mass is 9.99. The molecular weight excluding hydrogens is 416 g/mol. The number of hydrogen-bond acceptors (Lipinski definition) is 6. The van der Waals surface area contributed by atoms with Crippen molar-refractivity contribution in [3.8, 4) is 5.88 Å². The van der Waals surface area contributed by atoms with Crippen LogP contribution < -0.4 is 4.74 Å². The molecule has 2 aromatic rings. The minimum absolute atomic E-state index is 0.0615. The van der Waals surface area contributed by atoms with Gasteiger partial charge in [-0.25, -0.2) is 4.98 Å². The molecule has 0 saturated carbocycles. The lowest BCUT2D eigenvalue weighted by molar-refractivity contribution is 0.0325. The van der Waals surface area contributed by atoms with E-state index in [0.29, 0.717) is 24.5 Å². The van der Waals surface area contributed by atoms with Crippen LogP contribution in [0.1, 0.15) is 54.6 Å². The Bertz CT molecular complexity index is 994. The number of aliphatic hydroxyl groups is 1. The van der Waals surface area contributed by atoms with Crippen molar-refractivity contribution in [2.24, 2.45) is 5.92 Å². The van der Waals surface area contributed by atoms with Crippen LogP contribution in [0.25, 0.3) is 5.57 Å². The third kappa shape index (κ3) is 5.42. The Labute approximate surface area is 196 Å². The van der Waals surface area contributed by atoms with Crippen LogP contribution in [0.3, 0.4) is 0 Å². The molecule has 33 heavy (non-hydrogen) atoms. The Morgan fingerprint density at radius 1 is 1.36 bits per heavy atom. The number of aromatic nitrogens is 2. The van der Waals surface area contributed by atoms with E-state index in [-0.39, 0.29) is 30.6 Å². The largest absolute Gasteiger partial charge is 0.472 e. The minimum Gasteiger partial charge on any atom is -0.472 e. The molecule has 0 bridgehead atoms. The summed E-state index contributed by atoms with van der Waals surface area (Å²) in [5.41, 5.74) is 3.84. The van der Waals surface area contributed by atoms with Gasteiger partial charge in [0.15, 0.2) is 0 Å². The molecule has 2 aromatic heterocycles. The van der Waals surface area contributed by atoms with Gasteiger partial charge < -0.3 is 14.7 Å². The maximum atomic E-state index is 13.5. The Hall–Kier alpha value is -2.77. The van der Waals surface area contributed by atoms with Crippen LogP contribution in [0.2, 0.25) is 0 Å². The number of ether oxygens (including phenoxy) is 1. The number of fused-ring (bicyclic) bond motifs is 1. The fraction of sp³-hybridized carbons (Fsp3) is 0.500. The Balaban J connectivity index is 1.62. The van der Waals surface area contributed by atoms with Crippen molar-refractivity contribution in [2.45, 2.75) is 51.8 Å². The number of hydrogen-bond donors (Lipinski definition) is 1. The predicted molar refractivity (Wildman–Crippen MR) is 128 cm³/mol. The second-order valence-electron chi connectivity index (χ2n) is 9.38. The second-order valence-corrected chi connectivity index (χ2v) is 9.38. The van der Waals surface area contributed by atoms with E-state index in [1.807, 2.05) is 31.5 Å². The number of nitrogens with zero attached hydrogens (tertiary/aromatic N) is 4. The van der Waals surface area contributed by atoms with E-state index in [4.69, 9.17) is 4.74 Å². The summed E-state index contributed by atoms with van der Waals surface area (Å²) in [6.45, 7) is 5.84. The van der Waals surface area contributed by atoms with Crippen molar-refractivity contribution in [1.82, 2.24) is 19.8 Å². The van der Waals surface area contributed by atoms with E-state index >= 15 is 0 Å². The summed E-state index contributed by atoms with van der Waals surface area (Å²) in [5, 5.41) is 9.84. The lowest BCUT2D eigenvalue weighted by Crippen LogP contribution is -2.49. The van der Waals surface area contributed by atoms with E-state index in [0.717, 1.165) is 36.9 Å². The maximum absolute atomic E-state index is 13.5. The van der Waals surface area contributed by atoms with E-state index in [2.05, 4.69) is 41.0 Å². The molecule has 0 spiro atoms. The molecule has 4 rings (SSSR count). The molecule has 1 aliphatic heterocycles. The fourth-order valence-corrected chi connectivity index (χ4v) is 4.60. The lowest BCUT2D eigenvalue weighted by Gasteiger charge is -2.37. The van der Waals surface area contributed by atoms with Gasteiger partial charge in [-0.3, -0.25) is 14.7 Å². The SMILES string of the molecule is C[C@@H]1CN([C@H](C)CO)C(=O)c2cc(C3=CCCC3)cnc2O[C@@H]1CN(C)Cc1cccnc1. The molecule has 0 aromatic carbocycles. The van der Waals surface area contributed by atoms with Gasteiger partial charge in [0.05, 0.1) is 12.6 Å². The first kappa shape index (κ1) is 23.4. The molecule has 7 heteroatoms. The smallest absolute Gasteiger partial charge is 0.259 e. The van der Waals surface area contributed by atoms with Gasteiger partial charge in [-0.15, -0.1) is 0 Å². The number of carbonyl (C=O) groups excluding carboxylic acids is 1. The summed E-state index contributed by atoms with van der Waals surface area (Å²) in [7, 11) is 2.06. The number of amides is 1. The van der Waals surface area contributed by atoms with E-state index in [9.17, 15) is 9.90 Å².